The molecule has 0 fully saturated rings. The fourth-order valence-electron chi connectivity index (χ4n) is 1.69. The van der Waals surface area contributed by atoms with Crippen molar-refractivity contribution >= 4 is 0 Å². The Morgan fingerprint density at radius 1 is 1.58 bits per heavy atom. The lowest BCUT2D eigenvalue weighted by Crippen LogP contribution is -2.34. The molecule has 1 heterocycles. The van der Waals surface area contributed by atoms with Gasteiger partial charge in [0, 0.05) is 11.6 Å². The summed E-state index contributed by atoms with van der Waals surface area (Å²) in [5.41, 5.74) is 7.61. The third-order valence-electron chi connectivity index (χ3n) is 2.38. The second kappa shape index (κ2) is 2.68. The fraction of sp³-hybridized carbons (Fsp3) is 0.333. The zero-order chi connectivity index (χ0) is 8.55. The molecule has 0 aromatic heterocycles. The van der Waals surface area contributed by atoms with Crippen molar-refractivity contribution in [3.8, 4) is 0 Å². The first kappa shape index (κ1) is 7.43. The van der Waals surface area contributed by atoms with E-state index in [1.165, 1.54) is 0 Å². The maximum atomic E-state index is 8.99. The molecule has 0 bridgehead atoms. The highest BCUT2D eigenvalue weighted by Crippen LogP contribution is 2.27. The summed E-state index contributed by atoms with van der Waals surface area (Å²) in [5, 5.41) is 12.1. The van der Waals surface area contributed by atoms with Crippen LogP contribution in [0.15, 0.2) is 35.7 Å². The largest absolute Gasteiger partial charge is 0.400 e. The SMILES string of the molecule is NC1=CC=CC2C(CO)=CNC12. The molecule has 0 spiro atoms. The zero-order valence-electron chi connectivity index (χ0n) is 6.70. The van der Waals surface area contributed by atoms with Crippen LogP contribution in [0.2, 0.25) is 0 Å². The average Bonchev–Trinajstić information content (AvgIpc) is 2.49. The van der Waals surface area contributed by atoms with Crippen molar-refractivity contribution in [1.29, 1.82) is 0 Å². The number of nitrogens with two attached hydrogens (primary N) is 1. The van der Waals surface area contributed by atoms with Gasteiger partial charge in [0.1, 0.15) is 0 Å². The molecule has 3 heteroatoms. The Labute approximate surface area is 71.3 Å². The first-order valence-corrected chi connectivity index (χ1v) is 4.02. The lowest BCUT2D eigenvalue weighted by molar-refractivity contribution is 0.320. The minimum absolute atomic E-state index is 0.103. The predicted octanol–water partition coefficient (Wildman–Crippen LogP) is -0.137. The number of allylic oxidation sites excluding steroid dienone is 2. The Kier molecular flexibility index (Phi) is 1.66. The predicted molar refractivity (Wildman–Crippen MR) is 47.0 cm³/mol. The van der Waals surface area contributed by atoms with E-state index in [2.05, 4.69) is 11.4 Å². The van der Waals surface area contributed by atoms with Crippen LogP contribution in [0.4, 0.5) is 0 Å². The highest BCUT2D eigenvalue weighted by Gasteiger charge is 2.29. The standard InChI is InChI=1S/C9H12N2O/c10-8-3-1-2-7-6(5-12)4-11-9(7)8/h1-4,7,9,11-12H,5,10H2. The minimum Gasteiger partial charge on any atom is -0.400 e. The number of rotatable bonds is 1. The van der Waals surface area contributed by atoms with E-state index in [-0.39, 0.29) is 18.6 Å². The molecule has 2 aliphatic rings. The molecule has 0 saturated carbocycles. The first-order chi connectivity index (χ1) is 5.83. The monoisotopic (exact) mass is 164 g/mol. The van der Waals surface area contributed by atoms with Gasteiger partial charge in [-0.3, -0.25) is 0 Å². The summed E-state index contributed by atoms with van der Waals surface area (Å²) >= 11 is 0. The number of hydrogen-bond acceptors (Lipinski definition) is 3. The van der Waals surface area contributed by atoms with Gasteiger partial charge in [0.25, 0.3) is 0 Å². The molecule has 0 amide bonds. The van der Waals surface area contributed by atoms with E-state index < -0.39 is 0 Å². The zero-order valence-corrected chi connectivity index (χ0v) is 6.70. The van der Waals surface area contributed by atoms with Crippen molar-refractivity contribution in [2.45, 2.75) is 6.04 Å². The Morgan fingerprint density at radius 2 is 2.42 bits per heavy atom. The highest BCUT2D eigenvalue weighted by molar-refractivity contribution is 5.35. The van der Waals surface area contributed by atoms with Crippen molar-refractivity contribution in [3.63, 3.8) is 0 Å². The molecule has 0 radical (unpaired) electrons. The third kappa shape index (κ3) is 0.940. The van der Waals surface area contributed by atoms with Gasteiger partial charge in [-0.2, -0.15) is 0 Å². The van der Waals surface area contributed by atoms with Gasteiger partial charge >= 0.3 is 0 Å². The second-order valence-electron chi connectivity index (χ2n) is 3.10. The van der Waals surface area contributed by atoms with Crippen LogP contribution in [0.3, 0.4) is 0 Å². The summed E-state index contributed by atoms with van der Waals surface area (Å²) in [6, 6.07) is 0.164. The minimum atomic E-state index is 0.103. The molecule has 2 atom stereocenters. The molecule has 64 valence electrons. The van der Waals surface area contributed by atoms with E-state index in [4.69, 9.17) is 10.8 Å². The Hall–Kier alpha value is -1.22. The Balaban J connectivity index is 2.24. The van der Waals surface area contributed by atoms with Gasteiger partial charge in [0.05, 0.1) is 12.6 Å². The van der Waals surface area contributed by atoms with Crippen LogP contribution < -0.4 is 11.1 Å². The molecule has 0 saturated heterocycles. The van der Waals surface area contributed by atoms with E-state index in [1.54, 1.807) is 0 Å². The van der Waals surface area contributed by atoms with Crippen molar-refractivity contribution in [1.82, 2.24) is 5.32 Å². The summed E-state index contributed by atoms with van der Waals surface area (Å²) in [6.07, 6.45) is 7.74. The molecule has 2 unspecified atom stereocenters. The van der Waals surface area contributed by atoms with Crippen molar-refractivity contribution in [2.75, 3.05) is 6.61 Å². The van der Waals surface area contributed by atoms with Gasteiger partial charge in [-0.1, -0.05) is 12.2 Å². The smallest absolute Gasteiger partial charge is 0.0754 e. The van der Waals surface area contributed by atoms with Crippen molar-refractivity contribution < 1.29 is 5.11 Å². The number of hydrogen-bond donors (Lipinski definition) is 3. The Morgan fingerprint density at radius 3 is 3.17 bits per heavy atom. The topological polar surface area (TPSA) is 58.3 Å². The molecule has 4 N–H and O–H groups in total. The summed E-state index contributed by atoms with van der Waals surface area (Å²) in [7, 11) is 0. The molecular weight excluding hydrogens is 152 g/mol. The summed E-state index contributed by atoms with van der Waals surface area (Å²) in [4.78, 5) is 0. The summed E-state index contributed by atoms with van der Waals surface area (Å²) in [6.45, 7) is 0.103. The second-order valence-corrected chi connectivity index (χ2v) is 3.10. The maximum absolute atomic E-state index is 8.99. The molecule has 0 aromatic rings. The van der Waals surface area contributed by atoms with Crippen molar-refractivity contribution in [2.24, 2.45) is 11.7 Å². The fourth-order valence-corrected chi connectivity index (χ4v) is 1.69. The van der Waals surface area contributed by atoms with Gasteiger partial charge < -0.3 is 16.2 Å². The normalized spacial score (nSPS) is 32.1. The third-order valence-corrected chi connectivity index (χ3v) is 2.38. The van der Waals surface area contributed by atoms with Crippen molar-refractivity contribution in [3.05, 3.63) is 35.7 Å². The number of nitrogens with one attached hydrogen (secondary N) is 1. The van der Waals surface area contributed by atoms with Crippen LogP contribution in [0, 0.1) is 5.92 Å². The van der Waals surface area contributed by atoms with E-state index in [9.17, 15) is 0 Å². The average molecular weight is 164 g/mol. The summed E-state index contributed by atoms with van der Waals surface area (Å²) in [5.74, 6) is 0.250. The lowest BCUT2D eigenvalue weighted by atomic mass is 9.90. The highest BCUT2D eigenvalue weighted by atomic mass is 16.3. The molecule has 12 heavy (non-hydrogen) atoms. The van der Waals surface area contributed by atoms with Crippen LogP contribution in [-0.4, -0.2) is 17.8 Å². The van der Waals surface area contributed by atoms with E-state index >= 15 is 0 Å². The van der Waals surface area contributed by atoms with E-state index in [0.717, 1.165) is 11.3 Å². The van der Waals surface area contributed by atoms with Crippen LogP contribution in [0.1, 0.15) is 0 Å². The molecule has 3 nitrogen and oxygen atoms in total. The number of fused-ring (bicyclic) bond motifs is 1. The molecule has 1 aliphatic carbocycles. The number of aliphatic hydroxyl groups excluding tert-OH is 1. The number of aliphatic hydroxyl groups is 1. The summed E-state index contributed by atoms with van der Waals surface area (Å²) < 4.78 is 0. The molecule has 0 aromatic carbocycles. The van der Waals surface area contributed by atoms with Crippen LogP contribution in [0.25, 0.3) is 0 Å². The van der Waals surface area contributed by atoms with Crippen LogP contribution >= 0.6 is 0 Å². The molecule has 1 aliphatic heterocycles. The van der Waals surface area contributed by atoms with Gasteiger partial charge in [0.2, 0.25) is 0 Å². The quantitative estimate of drug-likeness (QED) is 0.505. The van der Waals surface area contributed by atoms with E-state index in [0.29, 0.717) is 0 Å². The van der Waals surface area contributed by atoms with Gasteiger partial charge in [0.15, 0.2) is 0 Å². The van der Waals surface area contributed by atoms with E-state index in [1.807, 2.05) is 18.4 Å². The van der Waals surface area contributed by atoms with Crippen LogP contribution in [0.5, 0.6) is 0 Å². The first-order valence-electron chi connectivity index (χ1n) is 4.02. The van der Waals surface area contributed by atoms with Gasteiger partial charge in [-0.05, 0) is 17.8 Å². The van der Waals surface area contributed by atoms with Gasteiger partial charge in [-0.15, -0.1) is 0 Å². The van der Waals surface area contributed by atoms with Gasteiger partial charge in [-0.25, -0.2) is 0 Å². The molecular formula is C9H12N2O. The maximum Gasteiger partial charge on any atom is 0.0754 e. The molecule has 2 rings (SSSR count). The van der Waals surface area contributed by atoms with Crippen LogP contribution in [-0.2, 0) is 0 Å². The lowest BCUT2D eigenvalue weighted by Gasteiger charge is -2.22. The Bertz CT molecular complexity index is 278.